The van der Waals surface area contributed by atoms with Crippen LogP contribution in [0.5, 0.6) is 0 Å². The Balaban J connectivity index is 1.53. The van der Waals surface area contributed by atoms with Crippen molar-refractivity contribution >= 4 is 33.6 Å². The summed E-state index contributed by atoms with van der Waals surface area (Å²) in [6.07, 6.45) is 2.11. The summed E-state index contributed by atoms with van der Waals surface area (Å²) in [7, 11) is 0. The summed E-state index contributed by atoms with van der Waals surface area (Å²) in [5.41, 5.74) is 3.94. The van der Waals surface area contributed by atoms with Gasteiger partial charge in [0.15, 0.2) is 4.96 Å². The van der Waals surface area contributed by atoms with Gasteiger partial charge in [0, 0.05) is 40.7 Å². The molecule has 0 radical (unpaired) electrons. The number of thiazole rings is 1. The van der Waals surface area contributed by atoms with Crippen LogP contribution in [0.15, 0.2) is 60.1 Å². The van der Waals surface area contributed by atoms with Gasteiger partial charge < -0.3 is 5.32 Å². The number of hydrogen-bond donors (Lipinski definition) is 1. The number of anilines is 1. The third kappa shape index (κ3) is 3.49. The second-order valence-corrected chi connectivity index (χ2v) is 7.19. The van der Waals surface area contributed by atoms with Gasteiger partial charge >= 0.3 is 0 Å². The number of aromatic nitrogens is 2. The van der Waals surface area contributed by atoms with Gasteiger partial charge in [0.05, 0.1) is 17.0 Å². The number of fused-ring (bicyclic) bond motifs is 1. The summed E-state index contributed by atoms with van der Waals surface area (Å²) < 4.78 is 1.93. The number of benzene rings is 2. The lowest BCUT2D eigenvalue weighted by Crippen LogP contribution is -2.16. The molecule has 0 atom stereocenters. The van der Waals surface area contributed by atoms with Crippen molar-refractivity contribution in [1.29, 1.82) is 0 Å². The van der Waals surface area contributed by atoms with Crippen LogP contribution < -0.4 is 5.32 Å². The predicted molar refractivity (Wildman–Crippen MR) is 109 cm³/mol. The number of aryl methyl sites for hydroxylation is 1. The highest BCUT2D eigenvalue weighted by atomic mass is 32.1. The number of nitrogens with zero attached hydrogens (tertiary/aromatic N) is 3. The first-order valence-electron chi connectivity index (χ1n) is 8.57. The average Bonchev–Trinajstić information content (AvgIpc) is 3.26. The van der Waals surface area contributed by atoms with Crippen LogP contribution in [0.25, 0.3) is 16.2 Å². The molecule has 1 N–H and O–H groups in total. The lowest BCUT2D eigenvalue weighted by Gasteiger charge is -2.08. The molecule has 2 aromatic carbocycles. The largest absolute Gasteiger partial charge is 0.326 e. The van der Waals surface area contributed by atoms with Gasteiger partial charge in [0.2, 0.25) is 5.91 Å². The molecular weight excluding hydrogens is 376 g/mol. The number of amides is 1. The zero-order valence-corrected chi connectivity index (χ0v) is 15.8. The summed E-state index contributed by atoms with van der Waals surface area (Å²) in [6, 6.07) is 14.3. The molecule has 0 aliphatic heterocycles. The highest BCUT2D eigenvalue weighted by Gasteiger charge is 2.14. The number of nitrogens with one attached hydrogen (secondary N) is 1. The minimum absolute atomic E-state index is 0.00176. The third-order valence-corrected chi connectivity index (χ3v) is 5.28. The Morgan fingerprint density at radius 2 is 2.04 bits per heavy atom. The first kappa shape index (κ1) is 17.9. The smallest absolute Gasteiger partial charge is 0.269 e. The Morgan fingerprint density at radius 3 is 2.75 bits per heavy atom. The molecule has 7 nitrogen and oxygen atoms in total. The summed E-state index contributed by atoms with van der Waals surface area (Å²) in [4.78, 5) is 28.3. The van der Waals surface area contributed by atoms with Crippen molar-refractivity contribution in [2.45, 2.75) is 13.3 Å². The molecular formula is C20H16N4O3S. The molecule has 0 unspecified atom stereocenters. The fourth-order valence-electron chi connectivity index (χ4n) is 2.97. The Hall–Kier alpha value is -3.52. The van der Waals surface area contributed by atoms with Gasteiger partial charge in [-0.1, -0.05) is 30.3 Å². The van der Waals surface area contributed by atoms with Crippen molar-refractivity contribution in [2.75, 3.05) is 5.32 Å². The molecule has 2 heterocycles. The van der Waals surface area contributed by atoms with E-state index in [0.29, 0.717) is 11.3 Å². The second-order valence-electron chi connectivity index (χ2n) is 6.35. The van der Waals surface area contributed by atoms with Crippen molar-refractivity contribution in [1.82, 2.24) is 9.38 Å². The van der Waals surface area contributed by atoms with Gasteiger partial charge in [-0.25, -0.2) is 4.98 Å². The number of hydrogen-bond acceptors (Lipinski definition) is 5. The fourth-order valence-corrected chi connectivity index (χ4v) is 3.84. The van der Waals surface area contributed by atoms with E-state index in [2.05, 4.69) is 10.3 Å². The zero-order valence-electron chi connectivity index (χ0n) is 15.0. The molecule has 1 amide bonds. The zero-order chi connectivity index (χ0) is 19.7. The van der Waals surface area contributed by atoms with Crippen molar-refractivity contribution in [3.05, 3.63) is 81.5 Å². The van der Waals surface area contributed by atoms with Gasteiger partial charge in [-0.05, 0) is 18.6 Å². The van der Waals surface area contributed by atoms with Crippen LogP contribution in [-0.4, -0.2) is 20.2 Å². The SMILES string of the molecule is Cc1cc([N+](=O)[O-])ccc1NC(=O)Cc1csc2nc(-c3ccccc3)cn12. The molecule has 0 fully saturated rings. The van der Waals surface area contributed by atoms with Crippen LogP contribution in [0.3, 0.4) is 0 Å². The summed E-state index contributed by atoms with van der Waals surface area (Å²) in [5, 5.41) is 15.6. The van der Waals surface area contributed by atoms with Crippen molar-refractivity contribution in [2.24, 2.45) is 0 Å². The topological polar surface area (TPSA) is 89.5 Å². The Kier molecular flexibility index (Phi) is 4.62. The van der Waals surface area contributed by atoms with Crippen molar-refractivity contribution < 1.29 is 9.72 Å². The highest BCUT2D eigenvalue weighted by Crippen LogP contribution is 2.25. The Morgan fingerprint density at radius 1 is 1.25 bits per heavy atom. The van der Waals surface area contributed by atoms with Gasteiger partial charge in [-0.2, -0.15) is 0 Å². The van der Waals surface area contributed by atoms with E-state index in [-0.39, 0.29) is 18.0 Å². The van der Waals surface area contributed by atoms with Crippen LogP contribution >= 0.6 is 11.3 Å². The Labute approximate surface area is 164 Å². The van der Waals surface area contributed by atoms with Crippen LogP contribution in [0.2, 0.25) is 0 Å². The van der Waals surface area contributed by atoms with E-state index in [1.54, 1.807) is 13.0 Å². The Bertz CT molecular complexity index is 1180. The molecule has 0 saturated carbocycles. The molecule has 0 spiro atoms. The maximum atomic E-state index is 12.5. The van der Waals surface area contributed by atoms with Gasteiger partial charge in [0.25, 0.3) is 5.69 Å². The van der Waals surface area contributed by atoms with Crippen molar-refractivity contribution in [3.8, 4) is 11.3 Å². The molecule has 0 saturated heterocycles. The number of imidazole rings is 1. The maximum absolute atomic E-state index is 12.5. The normalized spacial score (nSPS) is 10.9. The molecule has 0 aliphatic carbocycles. The molecule has 4 aromatic rings. The van der Waals surface area contributed by atoms with E-state index in [1.165, 1.54) is 23.5 Å². The van der Waals surface area contributed by atoms with E-state index in [9.17, 15) is 14.9 Å². The predicted octanol–water partition coefficient (Wildman–Crippen LogP) is 4.46. The highest BCUT2D eigenvalue weighted by molar-refractivity contribution is 7.15. The molecule has 2 aromatic heterocycles. The average molecular weight is 392 g/mol. The molecule has 0 aliphatic rings. The quantitative estimate of drug-likeness (QED) is 0.401. The molecule has 8 heteroatoms. The van der Waals surface area contributed by atoms with E-state index in [4.69, 9.17) is 0 Å². The third-order valence-electron chi connectivity index (χ3n) is 4.39. The molecule has 28 heavy (non-hydrogen) atoms. The first-order valence-corrected chi connectivity index (χ1v) is 9.45. The summed E-state index contributed by atoms with van der Waals surface area (Å²) >= 11 is 1.48. The molecule has 0 bridgehead atoms. The van der Waals surface area contributed by atoms with Gasteiger partial charge in [0.1, 0.15) is 0 Å². The number of carbonyl (C=O) groups excluding carboxylic acids is 1. The van der Waals surface area contributed by atoms with Crippen molar-refractivity contribution in [3.63, 3.8) is 0 Å². The molecule has 140 valence electrons. The number of rotatable bonds is 5. The van der Waals surface area contributed by atoms with E-state index in [1.807, 2.05) is 46.3 Å². The van der Waals surface area contributed by atoms with Crippen LogP contribution in [-0.2, 0) is 11.2 Å². The standard InChI is InChI=1S/C20H16N4O3S/c1-13-9-15(24(26)27)7-8-17(13)21-19(25)10-16-12-28-20-22-18(11-23(16)20)14-5-3-2-4-6-14/h2-9,11-12H,10H2,1H3,(H,21,25). The summed E-state index contributed by atoms with van der Waals surface area (Å²) in [5.74, 6) is -0.188. The van der Waals surface area contributed by atoms with E-state index >= 15 is 0 Å². The summed E-state index contributed by atoms with van der Waals surface area (Å²) in [6.45, 7) is 1.73. The number of non-ortho nitro benzene ring substituents is 1. The first-order chi connectivity index (χ1) is 13.5. The number of nitro benzene ring substituents is 1. The fraction of sp³-hybridized carbons (Fsp3) is 0.100. The molecule has 4 rings (SSSR count). The lowest BCUT2D eigenvalue weighted by atomic mass is 10.1. The van der Waals surface area contributed by atoms with Gasteiger partial charge in [-0.3, -0.25) is 19.3 Å². The maximum Gasteiger partial charge on any atom is 0.269 e. The van der Waals surface area contributed by atoms with Crippen LogP contribution in [0.4, 0.5) is 11.4 Å². The monoisotopic (exact) mass is 392 g/mol. The van der Waals surface area contributed by atoms with Gasteiger partial charge in [-0.15, -0.1) is 11.3 Å². The van der Waals surface area contributed by atoms with Crippen LogP contribution in [0.1, 0.15) is 11.3 Å². The van der Waals surface area contributed by atoms with E-state index < -0.39 is 4.92 Å². The second kappa shape index (κ2) is 7.24. The minimum Gasteiger partial charge on any atom is -0.326 e. The number of nitro groups is 1. The van der Waals surface area contributed by atoms with Crippen LogP contribution in [0, 0.1) is 17.0 Å². The van der Waals surface area contributed by atoms with E-state index in [0.717, 1.165) is 21.9 Å². The number of carbonyl (C=O) groups is 1. The lowest BCUT2D eigenvalue weighted by molar-refractivity contribution is -0.384. The minimum atomic E-state index is -0.454.